The number of para-hydroxylation sites is 1. The molecule has 0 aliphatic carbocycles. The number of fused-ring (bicyclic) bond motifs is 4. The minimum absolute atomic E-state index is 0.0170. The SMILES string of the molecule is O=C(c1ccccc1O)N1C[C@@H]2C[C@H](C1)c1ccc(CN3CCCOCC3)c(=O)n1C2. The van der Waals surface area contributed by atoms with E-state index >= 15 is 0 Å². The number of rotatable bonds is 3. The number of carbonyl (C=O) groups excluding carboxylic acids is 1. The van der Waals surface area contributed by atoms with Crippen LogP contribution in [0.25, 0.3) is 0 Å². The van der Waals surface area contributed by atoms with Crippen LogP contribution in [0, 0.1) is 5.92 Å². The average molecular weight is 424 g/mol. The monoisotopic (exact) mass is 423 g/mol. The van der Waals surface area contributed by atoms with Crippen molar-refractivity contribution in [3.63, 3.8) is 0 Å². The van der Waals surface area contributed by atoms with E-state index in [-0.39, 0.29) is 29.1 Å². The van der Waals surface area contributed by atoms with Gasteiger partial charge in [-0.2, -0.15) is 0 Å². The van der Waals surface area contributed by atoms with Crippen molar-refractivity contribution in [1.82, 2.24) is 14.4 Å². The molecule has 1 aromatic carbocycles. The Morgan fingerprint density at radius 1 is 1.06 bits per heavy atom. The molecule has 4 heterocycles. The summed E-state index contributed by atoms with van der Waals surface area (Å²) in [4.78, 5) is 30.4. The normalized spacial score (nSPS) is 23.8. The van der Waals surface area contributed by atoms with Gasteiger partial charge in [0.2, 0.25) is 0 Å². The highest BCUT2D eigenvalue weighted by Crippen LogP contribution is 2.36. The number of nitrogens with zero attached hydrogens (tertiary/aromatic N) is 3. The van der Waals surface area contributed by atoms with E-state index in [0.29, 0.717) is 31.7 Å². The molecule has 0 radical (unpaired) electrons. The smallest absolute Gasteiger partial charge is 0.257 e. The minimum Gasteiger partial charge on any atom is -0.507 e. The van der Waals surface area contributed by atoms with Crippen molar-refractivity contribution in [1.29, 1.82) is 0 Å². The second-order valence-electron chi connectivity index (χ2n) is 8.97. The summed E-state index contributed by atoms with van der Waals surface area (Å²) < 4.78 is 7.48. The highest BCUT2D eigenvalue weighted by atomic mass is 16.5. The van der Waals surface area contributed by atoms with Crippen LogP contribution in [-0.2, 0) is 17.8 Å². The number of hydrogen-bond donors (Lipinski definition) is 1. The van der Waals surface area contributed by atoms with Crippen LogP contribution in [0.5, 0.6) is 5.75 Å². The number of aromatic nitrogens is 1. The molecule has 1 aromatic heterocycles. The molecule has 31 heavy (non-hydrogen) atoms. The Labute approximate surface area is 181 Å². The quantitative estimate of drug-likeness (QED) is 0.818. The Balaban J connectivity index is 1.36. The fourth-order valence-electron chi connectivity index (χ4n) is 5.30. The van der Waals surface area contributed by atoms with Crippen molar-refractivity contribution >= 4 is 5.91 Å². The van der Waals surface area contributed by atoms with Gasteiger partial charge < -0.3 is 19.3 Å². The molecule has 3 aliphatic rings. The molecule has 1 N–H and O–H groups in total. The fourth-order valence-corrected chi connectivity index (χ4v) is 5.30. The van der Waals surface area contributed by atoms with Crippen LogP contribution in [0.15, 0.2) is 41.2 Å². The van der Waals surface area contributed by atoms with Crippen molar-refractivity contribution in [2.45, 2.75) is 31.8 Å². The van der Waals surface area contributed by atoms with Crippen LogP contribution >= 0.6 is 0 Å². The number of aromatic hydroxyl groups is 1. The van der Waals surface area contributed by atoms with E-state index in [1.54, 1.807) is 24.3 Å². The van der Waals surface area contributed by atoms with Gasteiger partial charge >= 0.3 is 0 Å². The molecular formula is C24H29N3O4. The number of hydrogen-bond acceptors (Lipinski definition) is 5. The molecule has 2 fully saturated rings. The first-order valence-electron chi connectivity index (χ1n) is 11.2. The van der Waals surface area contributed by atoms with Crippen LogP contribution in [-0.4, -0.2) is 64.8 Å². The van der Waals surface area contributed by atoms with Gasteiger partial charge in [0.1, 0.15) is 5.75 Å². The summed E-state index contributed by atoms with van der Waals surface area (Å²) in [5.74, 6) is 0.281. The van der Waals surface area contributed by atoms with Gasteiger partial charge in [-0.05, 0) is 37.0 Å². The number of amides is 1. The second kappa shape index (κ2) is 8.48. The molecule has 2 atom stereocenters. The van der Waals surface area contributed by atoms with Gasteiger partial charge in [-0.25, -0.2) is 0 Å². The van der Waals surface area contributed by atoms with Crippen LogP contribution in [0.1, 0.15) is 40.4 Å². The zero-order valence-electron chi connectivity index (χ0n) is 17.7. The average Bonchev–Trinajstić information content (AvgIpc) is 3.04. The van der Waals surface area contributed by atoms with Crippen LogP contribution < -0.4 is 5.56 Å². The summed E-state index contributed by atoms with van der Waals surface area (Å²) in [6, 6.07) is 10.8. The first-order valence-corrected chi connectivity index (χ1v) is 11.2. The third-order valence-corrected chi connectivity index (χ3v) is 6.81. The van der Waals surface area contributed by atoms with Crippen molar-refractivity contribution in [2.75, 3.05) is 39.4 Å². The summed E-state index contributed by atoms with van der Waals surface area (Å²) >= 11 is 0. The predicted octanol–water partition coefficient (Wildman–Crippen LogP) is 2.04. The Hall–Kier alpha value is -2.64. The lowest BCUT2D eigenvalue weighted by Crippen LogP contribution is -2.49. The Bertz CT molecular complexity index is 1030. The van der Waals surface area contributed by atoms with Gasteiger partial charge in [0, 0.05) is 63.1 Å². The molecule has 7 nitrogen and oxygen atoms in total. The fraction of sp³-hybridized carbons (Fsp3) is 0.500. The number of phenols is 1. The largest absolute Gasteiger partial charge is 0.507 e. The number of benzene rings is 1. The Morgan fingerprint density at radius 3 is 2.81 bits per heavy atom. The minimum atomic E-state index is -0.136. The summed E-state index contributed by atoms with van der Waals surface area (Å²) in [6.45, 7) is 5.82. The molecule has 2 aromatic rings. The number of pyridine rings is 1. The zero-order valence-corrected chi connectivity index (χ0v) is 17.7. The standard InChI is InChI=1S/C24H29N3O4/c28-22-5-2-1-4-20(22)24(30)26-13-17-12-19(16-26)21-7-6-18(23(29)27(21)14-17)15-25-8-3-10-31-11-9-25/h1-2,4-7,17,19,28H,3,8-16H2/t17-,19+/m0/s1. The summed E-state index contributed by atoms with van der Waals surface area (Å²) in [5.41, 5.74) is 2.32. The van der Waals surface area contributed by atoms with Gasteiger partial charge in [0.05, 0.1) is 12.2 Å². The molecule has 2 bridgehead atoms. The Kier molecular flexibility index (Phi) is 5.54. The topological polar surface area (TPSA) is 75.0 Å². The number of carbonyl (C=O) groups is 1. The van der Waals surface area contributed by atoms with Crippen LogP contribution in [0.4, 0.5) is 0 Å². The van der Waals surface area contributed by atoms with Gasteiger partial charge in [0.15, 0.2) is 0 Å². The third kappa shape index (κ3) is 4.00. The number of likely N-dealkylation sites (tertiary alicyclic amines) is 1. The molecule has 7 heteroatoms. The number of ether oxygens (including phenoxy) is 1. The number of piperidine rings is 1. The van der Waals surface area contributed by atoms with E-state index in [0.717, 1.165) is 50.4 Å². The molecular weight excluding hydrogens is 394 g/mol. The van der Waals surface area contributed by atoms with Crippen LogP contribution in [0.2, 0.25) is 0 Å². The zero-order chi connectivity index (χ0) is 21.4. The molecule has 1 amide bonds. The molecule has 164 valence electrons. The maximum Gasteiger partial charge on any atom is 0.257 e. The summed E-state index contributed by atoms with van der Waals surface area (Å²) in [7, 11) is 0. The maximum absolute atomic E-state index is 13.3. The van der Waals surface area contributed by atoms with E-state index in [4.69, 9.17) is 4.74 Å². The highest BCUT2D eigenvalue weighted by molar-refractivity contribution is 5.96. The lowest BCUT2D eigenvalue weighted by atomic mass is 9.82. The summed E-state index contributed by atoms with van der Waals surface area (Å²) in [6.07, 6.45) is 1.99. The second-order valence-corrected chi connectivity index (χ2v) is 8.97. The van der Waals surface area contributed by atoms with Crippen LogP contribution in [0.3, 0.4) is 0 Å². The van der Waals surface area contributed by atoms with Gasteiger partial charge in [-0.15, -0.1) is 0 Å². The highest BCUT2D eigenvalue weighted by Gasteiger charge is 2.37. The van der Waals surface area contributed by atoms with Crippen molar-refractivity contribution < 1.29 is 14.6 Å². The lowest BCUT2D eigenvalue weighted by molar-refractivity contribution is 0.0591. The van der Waals surface area contributed by atoms with Crippen molar-refractivity contribution in [3.8, 4) is 5.75 Å². The molecule has 5 rings (SSSR count). The molecule has 0 unspecified atom stereocenters. The third-order valence-electron chi connectivity index (χ3n) is 6.81. The molecule has 3 aliphatic heterocycles. The van der Waals surface area contributed by atoms with E-state index in [9.17, 15) is 14.7 Å². The maximum atomic E-state index is 13.3. The van der Waals surface area contributed by atoms with E-state index in [2.05, 4.69) is 11.0 Å². The summed E-state index contributed by atoms with van der Waals surface area (Å²) in [5, 5.41) is 10.1. The van der Waals surface area contributed by atoms with E-state index < -0.39 is 0 Å². The molecule has 0 saturated carbocycles. The number of phenolic OH excluding ortho intramolecular Hbond substituents is 1. The van der Waals surface area contributed by atoms with Gasteiger partial charge in [-0.3, -0.25) is 14.5 Å². The molecule has 0 spiro atoms. The van der Waals surface area contributed by atoms with Gasteiger partial charge in [0.25, 0.3) is 11.5 Å². The lowest BCUT2D eigenvalue weighted by Gasteiger charge is -2.43. The Morgan fingerprint density at radius 2 is 1.94 bits per heavy atom. The van der Waals surface area contributed by atoms with E-state index in [1.165, 1.54) is 0 Å². The molecule has 2 saturated heterocycles. The first kappa shape index (κ1) is 20.3. The van der Waals surface area contributed by atoms with Gasteiger partial charge in [-0.1, -0.05) is 18.2 Å². The van der Waals surface area contributed by atoms with Crippen molar-refractivity contribution in [3.05, 3.63) is 63.6 Å². The van der Waals surface area contributed by atoms with E-state index in [1.807, 2.05) is 15.5 Å². The predicted molar refractivity (Wildman–Crippen MR) is 116 cm³/mol. The van der Waals surface area contributed by atoms with Crippen molar-refractivity contribution in [2.24, 2.45) is 5.92 Å². The first-order chi connectivity index (χ1) is 15.1.